The molecule has 8 heteroatoms. The molecular weight excluding hydrogens is 463 g/mol. The Bertz CT molecular complexity index is 835. The lowest BCUT2D eigenvalue weighted by Crippen LogP contribution is -2.42. The molecule has 2 N–H and O–H groups in total. The number of aromatic nitrogens is 1. The number of aliphatic imine (C=N–C) groups is 1. The average Bonchev–Trinajstić information content (AvgIpc) is 2.57. The van der Waals surface area contributed by atoms with Crippen molar-refractivity contribution in [3.8, 4) is 0 Å². The predicted octanol–water partition coefficient (Wildman–Crippen LogP) is 2.73. The Morgan fingerprint density at radius 1 is 1.27 bits per heavy atom. The minimum atomic E-state index is -2.96. The van der Waals surface area contributed by atoms with Crippen molar-refractivity contribution in [2.75, 3.05) is 18.6 Å². The van der Waals surface area contributed by atoms with Crippen LogP contribution in [0, 0.1) is 0 Å². The van der Waals surface area contributed by atoms with Crippen LogP contribution >= 0.6 is 24.0 Å². The van der Waals surface area contributed by atoms with Crippen LogP contribution in [-0.4, -0.2) is 44.0 Å². The summed E-state index contributed by atoms with van der Waals surface area (Å²) < 4.78 is 22.6. The van der Waals surface area contributed by atoms with E-state index in [1.165, 1.54) is 6.26 Å². The molecule has 0 amide bonds. The van der Waals surface area contributed by atoms with Crippen LogP contribution in [0.5, 0.6) is 0 Å². The van der Waals surface area contributed by atoms with Crippen LogP contribution in [0.3, 0.4) is 0 Å². The second-order valence-corrected chi connectivity index (χ2v) is 8.41. The Kier molecular flexibility index (Phi) is 9.28. The van der Waals surface area contributed by atoms with Crippen LogP contribution < -0.4 is 10.6 Å². The number of hydrogen-bond acceptors (Lipinski definition) is 4. The fourth-order valence-electron chi connectivity index (χ4n) is 2.48. The van der Waals surface area contributed by atoms with E-state index >= 15 is 0 Å². The van der Waals surface area contributed by atoms with Crippen molar-refractivity contribution in [1.82, 2.24) is 15.6 Å². The molecule has 1 atom stereocenters. The molecule has 0 saturated heterocycles. The van der Waals surface area contributed by atoms with Crippen molar-refractivity contribution in [2.45, 2.75) is 32.9 Å². The third kappa shape index (κ3) is 7.45. The Labute approximate surface area is 172 Å². The first-order valence-electron chi connectivity index (χ1n) is 8.44. The molecule has 0 bridgehead atoms. The van der Waals surface area contributed by atoms with Gasteiger partial charge in [-0.1, -0.05) is 24.3 Å². The van der Waals surface area contributed by atoms with E-state index in [2.05, 4.69) is 20.6 Å². The molecule has 0 aliphatic carbocycles. The van der Waals surface area contributed by atoms with Crippen molar-refractivity contribution in [3.63, 3.8) is 0 Å². The van der Waals surface area contributed by atoms with E-state index in [1.54, 1.807) is 6.20 Å². The Balaban J connectivity index is 0.00000338. The first-order chi connectivity index (χ1) is 11.9. The van der Waals surface area contributed by atoms with Crippen LogP contribution in [0.2, 0.25) is 0 Å². The van der Waals surface area contributed by atoms with Crippen LogP contribution in [0.4, 0.5) is 0 Å². The number of benzene rings is 1. The largest absolute Gasteiger partial charge is 0.357 e. The third-order valence-corrected chi connectivity index (χ3v) is 4.75. The first-order valence-corrected chi connectivity index (χ1v) is 10.5. The summed E-state index contributed by atoms with van der Waals surface area (Å²) in [5.74, 6) is 0.838. The number of hydrogen-bond donors (Lipinski definition) is 2. The summed E-state index contributed by atoms with van der Waals surface area (Å²) in [4.78, 5) is 9.07. The van der Waals surface area contributed by atoms with Gasteiger partial charge in [0.25, 0.3) is 0 Å². The summed E-state index contributed by atoms with van der Waals surface area (Å²) in [6.45, 7) is 5.19. The van der Waals surface area contributed by atoms with Gasteiger partial charge in [0.2, 0.25) is 0 Å². The van der Waals surface area contributed by atoms with Crippen LogP contribution in [0.25, 0.3) is 10.9 Å². The Hall–Kier alpha value is -1.42. The number of pyridine rings is 1. The third-order valence-electron chi connectivity index (χ3n) is 3.77. The topological polar surface area (TPSA) is 83.4 Å². The molecular formula is C18H27IN4O2S. The van der Waals surface area contributed by atoms with E-state index in [-0.39, 0.29) is 35.8 Å². The number of guanidine groups is 1. The standard InChI is InChI=1S/C18H26N4O2S.HI/c1-4-19-18(22-14(2)10-12-25(3,23)24)21-13-16-8-5-7-15-9-6-11-20-17(15)16;/h5-9,11,14H,4,10,12-13H2,1-3H3,(H2,19,21,22);1H. The highest BCUT2D eigenvalue weighted by Crippen LogP contribution is 2.16. The van der Waals surface area contributed by atoms with Gasteiger partial charge in [0.05, 0.1) is 17.8 Å². The molecule has 0 aliphatic rings. The molecule has 6 nitrogen and oxygen atoms in total. The predicted molar refractivity (Wildman–Crippen MR) is 119 cm³/mol. The maximum absolute atomic E-state index is 11.3. The number of nitrogens with zero attached hydrogens (tertiary/aromatic N) is 2. The molecule has 1 unspecified atom stereocenters. The molecule has 0 aliphatic heterocycles. The smallest absolute Gasteiger partial charge is 0.191 e. The lowest BCUT2D eigenvalue weighted by molar-refractivity contribution is 0.581. The molecule has 1 aromatic carbocycles. The summed E-state index contributed by atoms with van der Waals surface area (Å²) in [5.41, 5.74) is 2.01. The van der Waals surface area contributed by atoms with Gasteiger partial charge in [0.1, 0.15) is 9.84 Å². The van der Waals surface area contributed by atoms with Crippen molar-refractivity contribution >= 4 is 50.7 Å². The fourth-order valence-corrected chi connectivity index (χ4v) is 3.26. The van der Waals surface area contributed by atoms with E-state index < -0.39 is 9.84 Å². The van der Waals surface area contributed by atoms with Gasteiger partial charge < -0.3 is 10.6 Å². The Morgan fingerprint density at radius 3 is 2.69 bits per heavy atom. The zero-order chi connectivity index (χ0) is 18.3. The van der Waals surface area contributed by atoms with E-state index in [9.17, 15) is 8.42 Å². The summed E-state index contributed by atoms with van der Waals surface area (Å²) in [7, 11) is -2.96. The molecule has 2 rings (SSSR count). The van der Waals surface area contributed by atoms with Crippen molar-refractivity contribution < 1.29 is 8.42 Å². The van der Waals surface area contributed by atoms with Crippen molar-refractivity contribution in [1.29, 1.82) is 0 Å². The number of para-hydroxylation sites is 1. The molecule has 144 valence electrons. The minimum Gasteiger partial charge on any atom is -0.357 e. The van der Waals surface area contributed by atoms with Crippen LogP contribution in [-0.2, 0) is 16.4 Å². The molecule has 0 fully saturated rings. The molecule has 1 heterocycles. The second kappa shape index (κ2) is 10.7. The van der Waals surface area contributed by atoms with E-state index in [0.29, 0.717) is 18.9 Å². The van der Waals surface area contributed by atoms with Gasteiger partial charge in [-0.2, -0.15) is 0 Å². The van der Waals surface area contributed by atoms with E-state index in [1.807, 2.05) is 44.2 Å². The summed E-state index contributed by atoms with van der Waals surface area (Å²) in [5, 5.41) is 7.55. The van der Waals surface area contributed by atoms with Crippen molar-refractivity contribution in [2.24, 2.45) is 4.99 Å². The molecule has 0 saturated carbocycles. The fraction of sp³-hybridized carbons (Fsp3) is 0.444. The van der Waals surface area contributed by atoms with Crippen LogP contribution in [0.15, 0.2) is 41.5 Å². The van der Waals surface area contributed by atoms with Gasteiger partial charge in [-0.25, -0.2) is 13.4 Å². The number of fused-ring (bicyclic) bond motifs is 1. The number of halogens is 1. The number of nitrogens with one attached hydrogen (secondary N) is 2. The van der Waals surface area contributed by atoms with E-state index in [4.69, 9.17) is 0 Å². The summed E-state index contributed by atoms with van der Waals surface area (Å²) in [6, 6.07) is 10.0. The molecule has 0 radical (unpaired) electrons. The van der Waals surface area contributed by atoms with Gasteiger partial charge in [-0.3, -0.25) is 4.98 Å². The monoisotopic (exact) mass is 490 g/mol. The minimum absolute atomic E-state index is 0. The number of sulfone groups is 1. The van der Waals surface area contributed by atoms with Gasteiger partial charge in [-0.05, 0) is 31.9 Å². The summed E-state index contributed by atoms with van der Waals surface area (Å²) in [6.07, 6.45) is 3.58. The zero-order valence-corrected chi connectivity index (χ0v) is 18.5. The highest BCUT2D eigenvalue weighted by molar-refractivity contribution is 14.0. The van der Waals surface area contributed by atoms with Crippen LogP contribution in [0.1, 0.15) is 25.8 Å². The molecule has 0 spiro atoms. The molecule has 2 aromatic rings. The maximum Gasteiger partial charge on any atom is 0.191 e. The SMILES string of the molecule is CCNC(=NCc1cccc2cccnc12)NC(C)CCS(C)(=O)=O.I. The number of rotatable bonds is 7. The van der Waals surface area contributed by atoms with E-state index in [0.717, 1.165) is 23.0 Å². The maximum atomic E-state index is 11.3. The molecule has 26 heavy (non-hydrogen) atoms. The lowest BCUT2D eigenvalue weighted by atomic mass is 10.1. The second-order valence-electron chi connectivity index (χ2n) is 6.15. The Morgan fingerprint density at radius 2 is 2.00 bits per heavy atom. The highest BCUT2D eigenvalue weighted by atomic mass is 127. The zero-order valence-electron chi connectivity index (χ0n) is 15.4. The lowest BCUT2D eigenvalue weighted by Gasteiger charge is -2.17. The summed E-state index contributed by atoms with van der Waals surface area (Å²) >= 11 is 0. The van der Waals surface area contributed by atoms with Gasteiger partial charge >= 0.3 is 0 Å². The van der Waals surface area contributed by atoms with Gasteiger partial charge in [0, 0.05) is 30.4 Å². The molecule has 1 aromatic heterocycles. The highest BCUT2D eigenvalue weighted by Gasteiger charge is 2.10. The van der Waals surface area contributed by atoms with Crippen molar-refractivity contribution in [3.05, 3.63) is 42.1 Å². The first kappa shape index (κ1) is 22.6. The average molecular weight is 490 g/mol. The normalized spacial score (nSPS) is 13.1. The quantitative estimate of drug-likeness (QED) is 0.355. The van der Waals surface area contributed by atoms with Gasteiger partial charge in [0.15, 0.2) is 5.96 Å². The van der Waals surface area contributed by atoms with Gasteiger partial charge in [-0.15, -0.1) is 24.0 Å².